The fourth-order valence-corrected chi connectivity index (χ4v) is 3.94. The summed E-state index contributed by atoms with van der Waals surface area (Å²) in [5.74, 6) is 1.79. The van der Waals surface area contributed by atoms with Crippen molar-refractivity contribution in [3.8, 4) is 0 Å². The molecule has 0 saturated carbocycles. The number of carbonyl (C=O) groups excluding carboxylic acids is 1. The fourth-order valence-electron chi connectivity index (χ4n) is 3.94. The summed E-state index contributed by atoms with van der Waals surface area (Å²) in [7, 11) is 0. The van der Waals surface area contributed by atoms with Gasteiger partial charge in [-0.25, -0.2) is 4.68 Å². The molecular formula is C16H29N7O. The topological polar surface area (TPSA) is 70.4 Å². The van der Waals surface area contributed by atoms with Gasteiger partial charge in [-0.05, 0) is 22.8 Å². The minimum absolute atomic E-state index is 0.193. The number of piperazine rings is 1. The summed E-state index contributed by atoms with van der Waals surface area (Å²) in [6.07, 6.45) is 1.04. The zero-order valence-corrected chi connectivity index (χ0v) is 15.1. The lowest BCUT2D eigenvalue weighted by Crippen LogP contribution is -2.53. The largest absolute Gasteiger partial charge is 0.340 e. The summed E-state index contributed by atoms with van der Waals surface area (Å²) in [4.78, 5) is 18.5. The molecule has 1 amide bonds. The zero-order valence-electron chi connectivity index (χ0n) is 15.1. The fraction of sp³-hybridized carbons (Fsp3) is 0.875. The lowest BCUT2D eigenvalue weighted by atomic mass is 10.0. The van der Waals surface area contributed by atoms with Gasteiger partial charge in [-0.1, -0.05) is 13.8 Å². The van der Waals surface area contributed by atoms with Crippen LogP contribution in [-0.2, 0) is 17.9 Å². The SMILES string of the molecule is CCCn1nnnc1CN1C[C@@H](C)[C@@H](N2CCN(C(C)=O)CC2)C1. The molecule has 2 aliphatic heterocycles. The van der Waals surface area contributed by atoms with E-state index in [1.54, 1.807) is 6.92 Å². The monoisotopic (exact) mass is 335 g/mol. The molecule has 0 spiro atoms. The second-order valence-corrected chi connectivity index (χ2v) is 7.10. The molecular weight excluding hydrogens is 306 g/mol. The van der Waals surface area contributed by atoms with Crippen LogP contribution in [0.1, 0.15) is 33.0 Å². The summed E-state index contributed by atoms with van der Waals surface area (Å²) in [6, 6.07) is 0.564. The van der Waals surface area contributed by atoms with Crippen molar-refractivity contribution >= 4 is 5.91 Å². The van der Waals surface area contributed by atoms with E-state index in [-0.39, 0.29) is 5.91 Å². The molecule has 3 rings (SSSR count). The van der Waals surface area contributed by atoms with E-state index >= 15 is 0 Å². The highest BCUT2D eigenvalue weighted by atomic mass is 16.2. The Kier molecular flexibility index (Phi) is 5.45. The van der Waals surface area contributed by atoms with Crippen LogP contribution in [0.5, 0.6) is 0 Å². The summed E-state index contributed by atoms with van der Waals surface area (Å²) in [6.45, 7) is 13.6. The van der Waals surface area contributed by atoms with E-state index < -0.39 is 0 Å². The summed E-state index contributed by atoms with van der Waals surface area (Å²) < 4.78 is 1.92. The number of likely N-dealkylation sites (tertiary alicyclic amines) is 1. The number of amides is 1. The highest BCUT2D eigenvalue weighted by Crippen LogP contribution is 2.24. The molecule has 3 heterocycles. The van der Waals surface area contributed by atoms with Gasteiger partial charge >= 0.3 is 0 Å². The van der Waals surface area contributed by atoms with Gasteiger partial charge in [-0.2, -0.15) is 0 Å². The standard InChI is InChI=1S/C16H29N7O/c1-4-5-23-16(17-18-19-23)12-20-10-13(2)15(11-20)22-8-6-21(7-9-22)14(3)24/h13,15H,4-12H2,1-3H3/t13-,15+/m1/s1. The molecule has 0 N–H and O–H groups in total. The molecule has 8 heteroatoms. The number of nitrogens with zero attached hydrogens (tertiary/aromatic N) is 7. The third kappa shape index (κ3) is 3.75. The second-order valence-electron chi connectivity index (χ2n) is 7.10. The summed E-state index contributed by atoms with van der Waals surface area (Å²) >= 11 is 0. The normalized spacial score (nSPS) is 26.2. The van der Waals surface area contributed by atoms with Crippen LogP contribution in [0.4, 0.5) is 0 Å². The highest BCUT2D eigenvalue weighted by Gasteiger charge is 2.35. The van der Waals surface area contributed by atoms with E-state index in [0.29, 0.717) is 12.0 Å². The Morgan fingerprint density at radius 3 is 2.62 bits per heavy atom. The van der Waals surface area contributed by atoms with E-state index in [1.165, 1.54) is 0 Å². The Morgan fingerprint density at radius 1 is 1.21 bits per heavy atom. The average molecular weight is 335 g/mol. The molecule has 24 heavy (non-hydrogen) atoms. The Bertz CT molecular complexity index is 552. The van der Waals surface area contributed by atoms with Crippen LogP contribution in [0.25, 0.3) is 0 Å². The average Bonchev–Trinajstić information content (AvgIpc) is 3.15. The van der Waals surface area contributed by atoms with Crippen LogP contribution in [0.3, 0.4) is 0 Å². The van der Waals surface area contributed by atoms with Crippen LogP contribution in [-0.4, -0.2) is 86.1 Å². The van der Waals surface area contributed by atoms with Gasteiger partial charge in [0.05, 0.1) is 6.54 Å². The van der Waals surface area contributed by atoms with Crippen molar-refractivity contribution in [2.24, 2.45) is 5.92 Å². The smallest absolute Gasteiger partial charge is 0.219 e. The van der Waals surface area contributed by atoms with Crippen LogP contribution >= 0.6 is 0 Å². The van der Waals surface area contributed by atoms with Crippen LogP contribution < -0.4 is 0 Å². The number of rotatable bonds is 5. The van der Waals surface area contributed by atoms with Gasteiger partial charge in [-0.3, -0.25) is 14.6 Å². The number of hydrogen-bond acceptors (Lipinski definition) is 6. The maximum Gasteiger partial charge on any atom is 0.219 e. The first-order chi connectivity index (χ1) is 11.6. The Balaban J connectivity index is 1.55. The third-order valence-electron chi connectivity index (χ3n) is 5.28. The third-order valence-corrected chi connectivity index (χ3v) is 5.28. The van der Waals surface area contributed by atoms with E-state index in [1.807, 2.05) is 9.58 Å². The minimum atomic E-state index is 0.193. The van der Waals surface area contributed by atoms with Gasteiger partial charge in [-0.15, -0.1) is 5.10 Å². The molecule has 0 aliphatic carbocycles. The maximum absolute atomic E-state index is 11.5. The van der Waals surface area contributed by atoms with E-state index in [2.05, 4.69) is 39.2 Å². The van der Waals surface area contributed by atoms with Gasteiger partial charge in [0.1, 0.15) is 0 Å². The number of aryl methyl sites for hydroxylation is 1. The lowest BCUT2D eigenvalue weighted by Gasteiger charge is -2.39. The van der Waals surface area contributed by atoms with E-state index in [4.69, 9.17) is 0 Å². The molecule has 2 aliphatic rings. The lowest BCUT2D eigenvalue weighted by molar-refractivity contribution is -0.130. The summed E-state index contributed by atoms with van der Waals surface area (Å²) in [5, 5.41) is 12.1. The van der Waals surface area contributed by atoms with Gasteiger partial charge < -0.3 is 4.90 Å². The first kappa shape index (κ1) is 17.3. The predicted octanol–water partition coefficient (Wildman–Crippen LogP) is 0.0675. The number of tetrazole rings is 1. The molecule has 1 aromatic rings. The molecule has 0 unspecified atom stereocenters. The van der Waals surface area contributed by atoms with E-state index in [9.17, 15) is 4.79 Å². The van der Waals surface area contributed by atoms with Crippen molar-refractivity contribution in [1.82, 2.24) is 34.9 Å². The molecule has 2 atom stereocenters. The van der Waals surface area contributed by atoms with E-state index in [0.717, 1.165) is 64.6 Å². The predicted molar refractivity (Wildman–Crippen MR) is 90.2 cm³/mol. The molecule has 134 valence electrons. The maximum atomic E-state index is 11.5. The van der Waals surface area contributed by atoms with Crippen LogP contribution in [0.2, 0.25) is 0 Å². The first-order valence-electron chi connectivity index (χ1n) is 9.05. The molecule has 1 aromatic heterocycles. The van der Waals surface area contributed by atoms with Gasteiger partial charge in [0, 0.05) is 58.8 Å². The minimum Gasteiger partial charge on any atom is -0.340 e. The Labute approximate surface area is 143 Å². The second kappa shape index (κ2) is 7.57. The molecule has 8 nitrogen and oxygen atoms in total. The first-order valence-corrected chi connectivity index (χ1v) is 9.05. The zero-order chi connectivity index (χ0) is 17.1. The number of carbonyl (C=O) groups is 1. The molecule has 0 bridgehead atoms. The van der Waals surface area contributed by atoms with Crippen molar-refractivity contribution in [2.75, 3.05) is 39.3 Å². The molecule has 0 aromatic carbocycles. The molecule has 0 radical (unpaired) electrons. The van der Waals surface area contributed by atoms with Crippen molar-refractivity contribution in [1.29, 1.82) is 0 Å². The quantitative estimate of drug-likeness (QED) is 0.758. The Hall–Kier alpha value is -1.54. The van der Waals surface area contributed by atoms with Gasteiger partial charge in [0.2, 0.25) is 5.91 Å². The van der Waals surface area contributed by atoms with Crippen molar-refractivity contribution in [3.63, 3.8) is 0 Å². The van der Waals surface area contributed by atoms with Gasteiger partial charge in [0.15, 0.2) is 5.82 Å². The molecule has 2 saturated heterocycles. The summed E-state index contributed by atoms with van der Waals surface area (Å²) in [5.41, 5.74) is 0. The Morgan fingerprint density at radius 2 is 1.96 bits per heavy atom. The molecule has 2 fully saturated rings. The van der Waals surface area contributed by atoms with Crippen molar-refractivity contribution in [3.05, 3.63) is 5.82 Å². The highest BCUT2D eigenvalue weighted by molar-refractivity contribution is 5.73. The van der Waals surface area contributed by atoms with Crippen molar-refractivity contribution in [2.45, 2.75) is 46.3 Å². The number of hydrogen-bond donors (Lipinski definition) is 0. The van der Waals surface area contributed by atoms with Crippen LogP contribution in [0.15, 0.2) is 0 Å². The number of aromatic nitrogens is 4. The van der Waals surface area contributed by atoms with Crippen LogP contribution in [0, 0.1) is 5.92 Å². The van der Waals surface area contributed by atoms with Gasteiger partial charge in [0.25, 0.3) is 0 Å². The van der Waals surface area contributed by atoms with Crippen molar-refractivity contribution < 1.29 is 4.79 Å².